The Kier molecular flexibility index (Phi) is 10.1. The Morgan fingerprint density at radius 2 is 1.26 bits per heavy atom. The standard InChI is InChI=1S/C27H28N4O7/c1-34-20-11-9-18(24(13-20)36-3)15-28-30-26(32)17-38-23-8-6-5-7-22(23)27(33)31-29-16-19-10-12-21(35-2)14-25(19)37-4/h5-16H,17H2,1-4H3,(H,30,32)(H,31,33)/b28-15-,29-16-. The lowest BCUT2D eigenvalue weighted by Crippen LogP contribution is -2.26. The highest BCUT2D eigenvalue weighted by Crippen LogP contribution is 2.24. The van der Waals surface area contributed by atoms with Crippen LogP contribution in [-0.2, 0) is 4.79 Å². The molecule has 0 saturated heterocycles. The molecule has 0 aliphatic rings. The number of carbonyl (C=O) groups is 2. The molecular formula is C27H28N4O7. The maximum Gasteiger partial charge on any atom is 0.277 e. The minimum absolute atomic E-state index is 0.200. The van der Waals surface area contributed by atoms with E-state index in [9.17, 15) is 9.59 Å². The van der Waals surface area contributed by atoms with E-state index in [1.165, 1.54) is 26.6 Å². The molecule has 38 heavy (non-hydrogen) atoms. The summed E-state index contributed by atoms with van der Waals surface area (Å²) < 4.78 is 26.5. The van der Waals surface area contributed by atoms with Crippen molar-refractivity contribution in [1.29, 1.82) is 0 Å². The number of rotatable bonds is 12. The number of ether oxygens (including phenoxy) is 5. The monoisotopic (exact) mass is 520 g/mol. The molecule has 3 rings (SSSR count). The van der Waals surface area contributed by atoms with E-state index in [4.69, 9.17) is 23.7 Å². The molecule has 2 amide bonds. The van der Waals surface area contributed by atoms with Crippen molar-refractivity contribution in [2.24, 2.45) is 10.2 Å². The van der Waals surface area contributed by atoms with Crippen LogP contribution in [0.4, 0.5) is 0 Å². The predicted octanol–water partition coefficient (Wildman–Crippen LogP) is 3.01. The quantitative estimate of drug-likeness (QED) is 0.277. The van der Waals surface area contributed by atoms with E-state index in [2.05, 4.69) is 21.1 Å². The number of amides is 2. The third-order valence-electron chi connectivity index (χ3n) is 5.13. The van der Waals surface area contributed by atoms with Crippen LogP contribution in [0.1, 0.15) is 21.5 Å². The van der Waals surface area contributed by atoms with Gasteiger partial charge < -0.3 is 23.7 Å². The second-order valence-corrected chi connectivity index (χ2v) is 7.49. The SMILES string of the molecule is COc1ccc(/C=N\NC(=O)COc2ccccc2C(=O)N/N=C\c2ccc(OC)cc2OC)c(OC)c1. The number of benzene rings is 3. The summed E-state index contributed by atoms with van der Waals surface area (Å²) in [4.78, 5) is 24.9. The second kappa shape index (κ2) is 13.9. The zero-order valence-electron chi connectivity index (χ0n) is 21.4. The number of hydrogen-bond donors (Lipinski definition) is 2. The van der Waals surface area contributed by atoms with Crippen molar-refractivity contribution in [3.63, 3.8) is 0 Å². The van der Waals surface area contributed by atoms with E-state index in [1.807, 2.05) is 0 Å². The van der Waals surface area contributed by atoms with Crippen LogP contribution < -0.4 is 34.5 Å². The number of carbonyl (C=O) groups excluding carboxylic acids is 2. The first kappa shape index (κ1) is 27.5. The lowest BCUT2D eigenvalue weighted by Gasteiger charge is -2.10. The Hall–Kier alpha value is -5.06. The van der Waals surface area contributed by atoms with Gasteiger partial charge in [-0.2, -0.15) is 10.2 Å². The summed E-state index contributed by atoms with van der Waals surface area (Å²) in [5.41, 5.74) is 6.30. The zero-order valence-corrected chi connectivity index (χ0v) is 21.4. The lowest BCUT2D eigenvalue weighted by molar-refractivity contribution is -0.123. The third kappa shape index (κ3) is 7.47. The first-order valence-electron chi connectivity index (χ1n) is 11.3. The highest BCUT2D eigenvalue weighted by Gasteiger charge is 2.13. The fraction of sp³-hybridized carbons (Fsp3) is 0.185. The Balaban J connectivity index is 1.57. The van der Waals surface area contributed by atoms with Crippen molar-refractivity contribution < 1.29 is 33.3 Å². The van der Waals surface area contributed by atoms with Crippen LogP contribution in [0.2, 0.25) is 0 Å². The van der Waals surface area contributed by atoms with Gasteiger partial charge in [-0.1, -0.05) is 12.1 Å². The van der Waals surface area contributed by atoms with Crippen molar-refractivity contribution in [3.05, 3.63) is 77.4 Å². The van der Waals surface area contributed by atoms with E-state index >= 15 is 0 Å². The molecule has 0 fully saturated rings. The highest BCUT2D eigenvalue weighted by atomic mass is 16.5. The van der Waals surface area contributed by atoms with E-state index in [0.717, 1.165) is 0 Å². The Labute approximate surface area is 220 Å². The number of para-hydroxylation sites is 1. The number of hydrogen-bond acceptors (Lipinski definition) is 9. The summed E-state index contributed by atoms with van der Waals surface area (Å²) in [6, 6.07) is 16.9. The Morgan fingerprint density at radius 3 is 1.82 bits per heavy atom. The Bertz CT molecular complexity index is 1320. The molecular weight excluding hydrogens is 492 g/mol. The van der Waals surface area contributed by atoms with Crippen LogP contribution in [-0.4, -0.2) is 59.3 Å². The molecule has 3 aromatic carbocycles. The van der Waals surface area contributed by atoms with Gasteiger partial charge >= 0.3 is 0 Å². The van der Waals surface area contributed by atoms with Gasteiger partial charge in [-0.05, 0) is 36.4 Å². The molecule has 0 atom stereocenters. The van der Waals surface area contributed by atoms with E-state index < -0.39 is 11.8 Å². The van der Waals surface area contributed by atoms with Gasteiger partial charge in [0.05, 0.1) is 46.4 Å². The molecule has 0 aliphatic heterocycles. The van der Waals surface area contributed by atoms with Crippen LogP contribution in [0.5, 0.6) is 28.7 Å². The zero-order chi connectivity index (χ0) is 27.3. The first-order valence-corrected chi connectivity index (χ1v) is 11.3. The fourth-order valence-electron chi connectivity index (χ4n) is 3.20. The topological polar surface area (TPSA) is 129 Å². The molecule has 198 valence electrons. The van der Waals surface area contributed by atoms with Gasteiger partial charge in [0.25, 0.3) is 11.8 Å². The summed E-state index contributed by atoms with van der Waals surface area (Å²) in [7, 11) is 6.15. The molecule has 0 radical (unpaired) electrons. The van der Waals surface area contributed by atoms with Gasteiger partial charge in [-0.25, -0.2) is 10.9 Å². The van der Waals surface area contributed by atoms with Gasteiger partial charge in [-0.15, -0.1) is 0 Å². The molecule has 0 unspecified atom stereocenters. The van der Waals surface area contributed by atoms with Crippen LogP contribution >= 0.6 is 0 Å². The molecule has 0 bridgehead atoms. The van der Waals surface area contributed by atoms with Crippen molar-refractivity contribution in [1.82, 2.24) is 10.9 Å². The average molecular weight is 521 g/mol. The fourth-order valence-corrected chi connectivity index (χ4v) is 3.20. The normalized spacial score (nSPS) is 10.7. The largest absolute Gasteiger partial charge is 0.497 e. The van der Waals surface area contributed by atoms with Gasteiger partial charge in [0, 0.05) is 23.3 Å². The number of nitrogens with one attached hydrogen (secondary N) is 2. The molecule has 0 heterocycles. The highest BCUT2D eigenvalue weighted by molar-refractivity contribution is 5.97. The molecule has 3 aromatic rings. The summed E-state index contributed by atoms with van der Waals surface area (Å²) in [6.45, 7) is -0.367. The molecule has 11 nitrogen and oxygen atoms in total. The lowest BCUT2D eigenvalue weighted by atomic mass is 10.2. The van der Waals surface area contributed by atoms with Crippen LogP contribution in [0.3, 0.4) is 0 Å². The Morgan fingerprint density at radius 1 is 0.711 bits per heavy atom. The van der Waals surface area contributed by atoms with Crippen molar-refractivity contribution in [2.45, 2.75) is 0 Å². The molecule has 0 aliphatic carbocycles. The summed E-state index contributed by atoms with van der Waals surface area (Å²) in [5.74, 6) is 1.49. The minimum atomic E-state index is -0.520. The number of nitrogens with zero attached hydrogens (tertiary/aromatic N) is 2. The molecule has 0 saturated carbocycles. The third-order valence-corrected chi connectivity index (χ3v) is 5.13. The summed E-state index contributed by atoms with van der Waals surface area (Å²) in [6.07, 6.45) is 2.89. The van der Waals surface area contributed by atoms with Crippen molar-refractivity contribution >= 4 is 24.2 Å². The van der Waals surface area contributed by atoms with Crippen molar-refractivity contribution in [3.8, 4) is 28.7 Å². The maximum atomic E-state index is 12.7. The maximum absolute atomic E-state index is 12.7. The number of hydrazone groups is 2. The molecule has 0 spiro atoms. The van der Waals surface area contributed by atoms with Gasteiger partial charge in [-0.3, -0.25) is 9.59 Å². The predicted molar refractivity (Wildman–Crippen MR) is 142 cm³/mol. The van der Waals surface area contributed by atoms with Crippen LogP contribution in [0.25, 0.3) is 0 Å². The first-order chi connectivity index (χ1) is 18.5. The van der Waals surface area contributed by atoms with Crippen LogP contribution in [0.15, 0.2) is 70.9 Å². The van der Waals surface area contributed by atoms with E-state index in [0.29, 0.717) is 34.1 Å². The van der Waals surface area contributed by atoms with Crippen molar-refractivity contribution in [2.75, 3.05) is 35.0 Å². The van der Waals surface area contributed by atoms with E-state index in [1.54, 1.807) is 74.9 Å². The van der Waals surface area contributed by atoms with Gasteiger partial charge in [0.1, 0.15) is 28.7 Å². The van der Waals surface area contributed by atoms with E-state index in [-0.39, 0.29) is 17.9 Å². The van der Waals surface area contributed by atoms with Crippen LogP contribution in [0, 0.1) is 0 Å². The number of methoxy groups -OCH3 is 4. The summed E-state index contributed by atoms with van der Waals surface area (Å²) in [5, 5.41) is 7.92. The minimum Gasteiger partial charge on any atom is -0.497 e. The van der Waals surface area contributed by atoms with Gasteiger partial charge in [0.2, 0.25) is 0 Å². The average Bonchev–Trinajstić information content (AvgIpc) is 2.96. The molecule has 2 N–H and O–H groups in total. The summed E-state index contributed by atoms with van der Waals surface area (Å²) >= 11 is 0. The second-order valence-electron chi connectivity index (χ2n) is 7.49. The van der Waals surface area contributed by atoms with Gasteiger partial charge in [0.15, 0.2) is 6.61 Å². The smallest absolute Gasteiger partial charge is 0.277 e. The molecule has 11 heteroatoms. The molecule has 0 aromatic heterocycles.